The number of hydrogen-bond acceptors (Lipinski definition) is 5. The Morgan fingerprint density at radius 2 is 1.40 bits per heavy atom. The number of amides is 3. The molecular weight excluding hydrogens is 669 g/mol. The summed E-state index contributed by atoms with van der Waals surface area (Å²) >= 11 is 13.5. The Hall–Kier alpha value is -5.35. The minimum atomic E-state index is -1.15. The predicted octanol–water partition coefficient (Wildman–Crippen LogP) is 8.57. The average Bonchev–Trinajstić information content (AvgIpc) is 3.09. The molecule has 5 rings (SSSR count). The molecule has 11 heteroatoms. The number of aromatic carboxylic acids is 1. The highest BCUT2D eigenvalue weighted by Crippen LogP contribution is 2.38. The Bertz CT molecular complexity index is 1990. The van der Waals surface area contributed by atoms with Gasteiger partial charge in [0.05, 0.1) is 16.3 Å². The van der Waals surface area contributed by atoms with Crippen molar-refractivity contribution in [3.8, 4) is 0 Å². The van der Waals surface area contributed by atoms with Crippen molar-refractivity contribution < 1.29 is 24.3 Å². The number of carbonyl (C=O) groups excluding carboxylic acids is 3. The van der Waals surface area contributed by atoms with Gasteiger partial charge in [0.25, 0.3) is 11.8 Å². The summed E-state index contributed by atoms with van der Waals surface area (Å²) in [5, 5.41) is 17.7. The third kappa shape index (κ3) is 9.13. The number of carbonyl (C=O) groups is 4. The van der Waals surface area contributed by atoms with E-state index in [2.05, 4.69) is 16.0 Å². The number of halogens is 2. The van der Waals surface area contributed by atoms with Crippen LogP contribution in [0.3, 0.4) is 0 Å². The molecule has 8 nitrogen and oxygen atoms in total. The van der Waals surface area contributed by atoms with E-state index < -0.39 is 28.9 Å². The van der Waals surface area contributed by atoms with Crippen LogP contribution in [0.5, 0.6) is 0 Å². The van der Waals surface area contributed by atoms with Gasteiger partial charge < -0.3 is 21.1 Å². The average molecular weight is 697 g/mol. The zero-order valence-corrected chi connectivity index (χ0v) is 27.4. The molecule has 0 spiro atoms. The van der Waals surface area contributed by atoms with Gasteiger partial charge in [0.15, 0.2) is 0 Å². The number of carboxylic acids is 1. The van der Waals surface area contributed by atoms with Gasteiger partial charge in [0.1, 0.15) is 10.9 Å². The van der Waals surface area contributed by atoms with Crippen molar-refractivity contribution in [2.75, 3.05) is 10.6 Å². The molecule has 1 unspecified atom stereocenters. The Morgan fingerprint density at radius 1 is 0.708 bits per heavy atom. The summed E-state index contributed by atoms with van der Waals surface area (Å²) < 4.78 is 0. The molecule has 0 saturated heterocycles. The third-order valence-electron chi connectivity index (χ3n) is 6.87. The van der Waals surface area contributed by atoms with Crippen LogP contribution in [0.25, 0.3) is 6.08 Å². The van der Waals surface area contributed by atoms with E-state index in [0.29, 0.717) is 32.3 Å². The van der Waals surface area contributed by atoms with E-state index in [-0.39, 0.29) is 22.0 Å². The molecule has 0 aliphatic heterocycles. The molecule has 5 aromatic rings. The number of thioether (sulfide) groups is 1. The Kier molecular flexibility index (Phi) is 11.3. The van der Waals surface area contributed by atoms with Gasteiger partial charge in [-0.15, -0.1) is 11.8 Å². The van der Waals surface area contributed by atoms with Gasteiger partial charge in [0.2, 0.25) is 5.91 Å². The second-order valence-corrected chi connectivity index (χ2v) is 12.3. The van der Waals surface area contributed by atoms with E-state index >= 15 is 0 Å². The van der Waals surface area contributed by atoms with Crippen LogP contribution >= 0.6 is 35.0 Å². The van der Waals surface area contributed by atoms with E-state index in [0.717, 1.165) is 0 Å². The van der Waals surface area contributed by atoms with Gasteiger partial charge in [-0.3, -0.25) is 14.4 Å². The summed E-state index contributed by atoms with van der Waals surface area (Å²) in [6, 6.07) is 35.4. The summed E-state index contributed by atoms with van der Waals surface area (Å²) in [5.41, 5.74) is 2.29. The molecule has 0 saturated carbocycles. The van der Waals surface area contributed by atoms with Gasteiger partial charge in [-0.05, 0) is 77.9 Å². The molecule has 0 aromatic heterocycles. The summed E-state index contributed by atoms with van der Waals surface area (Å²) in [6.45, 7) is 0. The number of benzene rings is 5. The van der Waals surface area contributed by atoms with Crippen LogP contribution in [0, 0.1) is 0 Å². The quantitative estimate of drug-likeness (QED) is 0.0811. The van der Waals surface area contributed by atoms with Crippen LogP contribution in [0.1, 0.15) is 37.1 Å². The van der Waals surface area contributed by atoms with Gasteiger partial charge in [-0.1, -0.05) is 89.9 Å². The number of hydrogen-bond donors (Lipinski definition) is 4. The van der Waals surface area contributed by atoms with Crippen molar-refractivity contribution in [3.05, 3.63) is 165 Å². The molecule has 5 aromatic carbocycles. The Morgan fingerprint density at radius 3 is 2.08 bits per heavy atom. The highest BCUT2D eigenvalue weighted by atomic mass is 35.5. The maximum absolute atomic E-state index is 13.7. The van der Waals surface area contributed by atoms with Gasteiger partial charge in [0, 0.05) is 21.2 Å². The zero-order valence-electron chi connectivity index (χ0n) is 25.0. The Labute approximate surface area is 290 Å². The zero-order chi connectivity index (χ0) is 34.0. The van der Waals surface area contributed by atoms with E-state index in [1.54, 1.807) is 97.1 Å². The lowest BCUT2D eigenvalue weighted by Crippen LogP contribution is -2.30. The maximum atomic E-state index is 13.7. The smallest absolute Gasteiger partial charge is 0.335 e. The van der Waals surface area contributed by atoms with Crippen molar-refractivity contribution in [1.82, 2.24) is 5.32 Å². The molecule has 0 aliphatic carbocycles. The molecule has 240 valence electrons. The number of nitrogens with one attached hydrogen (secondary N) is 3. The van der Waals surface area contributed by atoms with Crippen LogP contribution < -0.4 is 16.0 Å². The fourth-order valence-electron chi connectivity index (χ4n) is 4.50. The first kappa shape index (κ1) is 34.0. The minimum Gasteiger partial charge on any atom is -0.478 e. The molecule has 0 bridgehead atoms. The summed E-state index contributed by atoms with van der Waals surface area (Å²) in [5.74, 6) is -2.61. The first-order chi connectivity index (χ1) is 23.2. The van der Waals surface area contributed by atoms with Crippen LogP contribution in [-0.4, -0.2) is 28.8 Å². The van der Waals surface area contributed by atoms with Gasteiger partial charge in [-0.2, -0.15) is 0 Å². The van der Waals surface area contributed by atoms with E-state index in [1.165, 1.54) is 30.0 Å². The molecule has 3 amide bonds. The SMILES string of the molecule is O=C(Nc1cccc(SC(C(=O)Nc2cc(C(=O)O)ccc2Cl)c2ccccc2)c1)/C(=C/c1ccc(Cl)cc1)NC(=O)c1ccccc1. The largest absolute Gasteiger partial charge is 0.478 e. The maximum Gasteiger partial charge on any atom is 0.335 e. The standard InChI is InChI=1S/C37H27Cl2N3O5S/c38-27-17-14-23(15-18-27)20-32(42-34(43)25-10-5-2-6-11-25)35(44)40-28-12-7-13-29(22-28)48-33(24-8-3-1-4-9-24)36(45)41-31-21-26(37(46)47)16-19-30(31)39/h1-22,33H,(H,40,44)(H,41,45)(H,42,43)(H,46,47)/b32-20-. The van der Waals surface area contributed by atoms with Crippen molar-refractivity contribution in [1.29, 1.82) is 0 Å². The first-order valence-corrected chi connectivity index (χ1v) is 16.1. The van der Waals surface area contributed by atoms with Crippen molar-refractivity contribution in [2.45, 2.75) is 10.1 Å². The van der Waals surface area contributed by atoms with Gasteiger partial charge in [-0.25, -0.2) is 4.79 Å². The van der Waals surface area contributed by atoms with Crippen LogP contribution in [0.15, 0.2) is 138 Å². The topological polar surface area (TPSA) is 125 Å². The van der Waals surface area contributed by atoms with Crippen LogP contribution in [0.4, 0.5) is 11.4 Å². The molecular formula is C37H27Cl2N3O5S. The molecule has 0 radical (unpaired) electrons. The van der Waals surface area contributed by atoms with E-state index in [9.17, 15) is 24.3 Å². The number of anilines is 2. The fourth-order valence-corrected chi connectivity index (χ4v) is 5.88. The number of rotatable bonds is 11. The Balaban J connectivity index is 1.38. The highest BCUT2D eigenvalue weighted by molar-refractivity contribution is 8.00. The second kappa shape index (κ2) is 16.0. The predicted molar refractivity (Wildman–Crippen MR) is 190 cm³/mol. The van der Waals surface area contributed by atoms with Crippen LogP contribution in [-0.2, 0) is 9.59 Å². The van der Waals surface area contributed by atoms with Crippen molar-refractivity contribution in [2.24, 2.45) is 0 Å². The highest BCUT2D eigenvalue weighted by Gasteiger charge is 2.24. The first-order valence-electron chi connectivity index (χ1n) is 14.5. The van der Waals surface area contributed by atoms with Crippen molar-refractivity contribution in [3.63, 3.8) is 0 Å². The molecule has 0 aliphatic rings. The second-order valence-electron chi connectivity index (χ2n) is 10.3. The lowest BCUT2D eigenvalue weighted by atomic mass is 10.1. The summed E-state index contributed by atoms with van der Waals surface area (Å²) in [6.07, 6.45) is 1.55. The molecule has 48 heavy (non-hydrogen) atoms. The minimum absolute atomic E-state index is 0.00578. The van der Waals surface area contributed by atoms with E-state index in [1.807, 2.05) is 18.2 Å². The molecule has 0 fully saturated rings. The van der Waals surface area contributed by atoms with Crippen molar-refractivity contribution >= 4 is 76.1 Å². The molecule has 0 heterocycles. The summed E-state index contributed by atoms with van der Waals surface area (Å²) in [7, 11) is 0. The van der Waals surface area contributed by atoms with E-state index in [4.69, 9.17) is 23.2 Å². The molecule has 1 atom stereocenters. The summed E-state index contributed by atoms with van der Waals surface area (Å²) in [4.78, 5) is 52.4. The lowest BCUT2D eigenvalue weighted by molar-refractivity contribution is -0.116. The number of carboxylic acid groups (broad SMARTS) is 1. The lowest BCUT2D eigenvalue weighted by Gasteiger charge is -2.18. The normalized spacial score (nSPS) is 11.7. The fraction of sp³-hybridized carbons (Fsp3) is 0.0270. The molecule has 4 N–H and O–H groups in total. The van der Waals surface area contributed by atoms with Gasteiger partial charge >= 0.3 is 5.97 Å². The monoisotopic (exact) mass is 695 g/mol. The third-order valence-corrected chi connectivity index (χ3v) is 8.70. The van der Waals surface area contributed by atoms with Crippen LogP contribution in [0.2, 0.25) is 10.0 Å².